The fraction of sp³-hybridized carbons (Fsp3) is 0.767. The van der Waals surface area contributed by atoms with Crippen LogP contribution in [-0.4, -0.2) is 46.1 Å². The first-order valence-electron chi connectivity index (χ1n) is 14.3. The molecule has 204 valence electrons. The van der Waals surface area contributed by atoms with Crippen LogP contribution in [0.2, 0.25) is 0 Å². The summed E-state index contributed by atoms with van der Waals surface area (Å²) in [4.78, 5) is 12.2. The lowest BCUT2D eigenvalue weighted by Crippen LogP contribution is -2.45. The minimum atomic E-state index is -0.950. The average Bonchev–Trinajstić information content (AvgIpc) is 2.84. The van der Waals surface area contributed by atoms with Crippen LogP contribution in [0.15, 0.2) is 36.5 Å². The van der Waals surface area contributed by atoms with Gasteiger partial charge in [-0.05, 0) is 57.8 Å². The maximum absolute atomic E-state index is 12.2. The summed E-state index contributed by atoms with van der Waals surface area (Å²) < 4.78 is 0. The van der Waals surface area contributed by atoms with Crippen LogP contribution in [0, 0.1) is 0 Å². The number of aliphatic hydroxyl groups excluding tert-OH is 3. The number of carbonyl (C=O) groups excluding carboxylic acids is 1. The van der Waals surface area contributed by atoms with E-state index >= 15 is 0 Å². The molecule has 0 aliphatic carbocycles. The highest BCUT2D eigenvalue weighted by Crippen LogP contribution is 2.10. The minimum absolute atomic E-state index is 0.00663. The van der Waals surface area contributed by atoms with Crippen LogP contribution in [-0.2, 0) is 4.79 Å². The van der Waals surface area contributed by atoms with Crippen LogP contribution in [0.3, 0.4) is 0 Å². The molecule has 0 rings (SSSR count). The third kappa shape index (κ3) is 22.8. The quantitative estimate of drug-likeness (QED) is 0.0909. The zero-order chi connectivity index (χ0) is 26.0. The van der Waals surface area contributed by atoms with Gasteiger partial charge in [-0.15, -0.1) is 0 Å². The number of unbranched alkanes of at least 4 members (excludes halogenated alkanes) is 11. The van der Waals surface area contributed by atoms with E-state index in [9.17, 15) is 20.1 Å². The largest absolute Gasteiger partial charge is 0.394 e. The van der Waals surface area contributed by atoms with E-state index in [2.05, 4.69) is 43.5 Å². The Labute approximate surface area is 215 Å². The maximum atomic E-state index is 12.2. The average molecular weight is 494 g/mol. The summed E-state index contributed by atoms with van der Waals surface area (Å²) in [5.74, 6) is -0.343. The Balaban J connectivity index is 3.95. The van der Waals surface area contributed by atoms with E-state index in [4.69, 9.17) is 0 Å². The van der Waals surface area contributed by atoms with Gasteiger partial charge in [0, 0.05) is 0 Å². The van der Waals surface area contributed by atoms with Gasteiger partial charge in [-0.3, -0.25) is 4.79 Å². The number of hydrogen-bond donors (Lipinski definition) is 4. The molecular weight excluding hydrogens is 438 g/mol. The fourth-order valence-corrected chi connectivity index (χ4v) is 3.87. The smallest absolute Gasteiger partial charge is 0.222 e. The van der Waals surface area contributed by atoms with Crippen molar-refractivity contribution in [3.8, 4) is 0 Å². The first-order valence-corrected chi connectivity index (χ1v) is 14.3. The molecule has 0 saturated heterocycles. The van der Waals surface area contributed by atoms with Crippen LogP contribution in [0.25, 0.3) is 0 Å². The van der Waals surface area contributed by atoms with Crippen LogP contribution >= 0.6 is 0 Å². The summed E-state index contributed by atoms with van der Waals surface area (Å²) in [7, 11) is 0. The van der Waals surface area contributed by atoms with E-state index in [1.54, 1.807) is 6.08 Å². The molecule has 0 aromatic rings. The highest BCUT2D eigenvalue weighted by atomic mass is 16.3. The molecule has 5 nitrogen and oxygen atoms in total. The Morgan fingerprint density at radius 1 is 0.714 bits per heavy atom. The van der Waals surface area contributed by atoms with Gasteiger partial charge in [0.25, 0.3) is 0 Å². The van der Waals surface area contributed by atoms with Gasteiger partial charge in [-0.25, -0.2) is 0 Å². The van der Waals surface area contributed by atoms with Gasteiger partial charge in [0.1, 0.15) is 0 Å². The zero-order valence-electron chi connectivity index (χ0n) is 22.7. The van der Waals surface area contributed by atoms with Gasteiger partial charge in [-0.1, -0.05) is 95.2 Å². The van der Waals surface area contributed by atoms with Gasteiger partial charge in [0.05, 0.1) is 31.3 Å². The molecule has 0 fully saturated rings. The number of allylic oxidation sites excluding steroid dienone is 5. The Bertz CT molecular complexity index is 559. The molecule has 0 aliphatic rings. The predicted octanol–water partition coefficient (Wildman–Crippen LogP) is 6.53. The second-order valence-corrected chi connectivity index (χ2v) is 9.64. The summed E-state index contributed by atoms with van der Waals surface area (Å²) in [6, 6.07) is -0.760. The highest BCUT2D eigenvalue weighted by molar-refractivity contribution is 5.76. The molecular formula is C30H55NO4. The Morgan fingerprint density at radius 2 is 1.23 bits per heavy atom. The molecule has 4 N–H and O–H groups in total. The number of aliphatic hydroxyl groups is 3. The SMILES string of the molecule is CCCCC/C=C\CCCCCC(O)CC(=O)NC(CO)C(O)/C=C/CC/C=C/CCCCCC. The summed E-state index contributed by atoms with van der Waals surface area (Å²) in [6.45, 7) is 4.08. The van der Waals surface area contributed by atoms with Crippen molar-refractivity contribution in [3.05, 3.63) is 36.5 Å². The predicted molar refractivity (Wildman–Crippen MR) is 148 cm³/mol. The maximum Gasteiger partial charge on any atom is 0.222 e. The van der Waals surface area contributed by atoms with Gasteiger partial charge in [0.15, 0.2) is 0 Å². The minimum Gasteiger partial charge on any atom is -0.394 e. The second kappa shape index (κ2) is 25.7. The van der Waals surface area contributed by atoms with Crippen molar-refractivity contribution in [3.63, 3.8) is 0 Å². The molecule has 3 unspecified atom stereocenters. The molecule has 0 aliphatic heterocycles. The topological polar surface area (TPSA) is 89.8 Å². The first kappa shape index (κ1) is 33.6. The molecule has 0 aromatic carbocycles. The van der Waals surface area contributed by atoms with Crippen molar-refractivity contribution in [2.45, 2.75) is 141 Å². The normalized spacial score (nSPS) is 14.8. The molecule has 35 heavy (non-hydrogen) atoms. The van der Waals surface area contributed by atoms with E-state index in [1.807, 2.05) is 6.08 Å². The van der Waals surface area contributed by atoms with Crippen molar-refractivity contribution in [2.24, 2.45) is 0 Å². The lowest BCUT2D eigenvalue weighted by molar-refractivity contribution is -0.124. The summed E-state index contributed by atoms with van der Waals surface area (Å²) in [5.41, 5.74) is 0. The van der Waals surface area contributed by atoms with Crippen molar-refractivity contribution >= 4 is 5.91 Å². The molecule has 0 heterocycles. The van der Waals surface area contributed by atoms with Gasteiger partial charge in [-0.2, -0.15) is 0 Å². The van der Waals surface area contributed by atoms with Crippen LogP contribution in [0.1, 0.15) is 123 Å². The van der Waals surface area contributed by atoms with E-state index in [0.29, 0.717) is 6.42 Å². The van der Waals surface area contributed by atoms with Gasteiger partial charge >= 0.3 is 0 Å². The zero-order valence-corrected chi connectivity index (χ0v) is 22.7. The molecule has 0 saturated carbocycles. The Morgan fingerprint density at radius 3 is 1.83 bits per heavy atom. The Kier molecular flexibility index (Phi) is 24.6. The second-order valence-electron chi connectivity index (χ2n) is 9.64. The van der Waals surface area contributed by atoms with Gasteiger partial charge < -0.3 is 20.6 Å². The molecule has 5 heteroatoms. The number of carbonyl (C=O) groups is 1. The van der Waals surface area contributed by atoms with Crippen molar-refractivity contribution < 1.29 is 20.1 Å². The molecule has 1 amide bonds. The van der Waals surface area contributed by atoms with Crippen molar-refractivity contribution in [1.82, 2.24) is 5.32 Å². The summed E-state index contributed by atoms with van der Waals surface area (Å²) >= 11 is 0. The van der Waals surface area contributed by atoms with Crippen LogP contribution in [0.5, 0.6) is 0 Å². The third-order valence-corrected chi connectivity index (χ3v) is 6.15. The van der Waals surface area contributed by atoms with Crippen molar-refractivity contribution in [2.75, 3.05) is 6.61 Å². The number of rotatable bonds is 24. The number of nitrogens with one attached hydrogen (secondary N) is 1. The van der Waals surface area contributed by atoms with E-state index in [1.165, 1.54) is 44.9 Å². The molecule has 0 bridgehead atoms. The summed E-state index contributed by atoms with van der Waals surface area (Å²) in [5, 5.41) is 32.6. The van der Waals surface area contributed by atoms with Crippen molar-refractivity contribution in [1.29, 1.82) is 0 Å². The molecule has 0 radical (unpaired) electrons. The fourth-order valence-electron chi connectivity index (χ4n) is 3.87. The van der Waals surface area contributed by atoms with E-state index in [0.717, 1.165) is 51.4 Å². The van der Waals surface area contributed by atoms with Crippen LogP contribution < -0.4 is 5.32 Å². The molecule has 3 atom stereocenters. The lowest BCUT2D eigenvalue weighted by Gasteiger charge is -2.20. The highest BCUT2D eigenvalue weighted by Gasteiger charge is 2.19. The molecule has 0 spiro atoms. The van der Waals surface area contributed by atoms with E-state index in [-0.39, 0.29) is 18.9 Å². The number of hydrogen-bond acceptors (Lipinski definition) is 4. The standard InChI is InChI=1S/C30H55NO4/c1-3-5-7-9-11-13-15-17-19-21-23-27(33)25-30(35)31-28(26-32)29(34)24-22-20-18-16-14-12-10-8-6-4-2/h11,13-14,16,22,24,27-29,32-34H,3-10,12,15,17-21,23,25-26H2,1-2H3,(H,31,35)/b13-11-,16-14+,24-22+. The molecule has 0 aromatic heterocycles. The number of amides is 1. The third-order valence-electron chi connectivity index (χ3n) is 6.15. The Hall–Kier alpha value is -1.43. The monoisotopic (exact) mass is 493 g/mol. The van der Waals surface area contributed by atoms with Gasteiger partial charge in [0.2, 0.25) is 5.91 Å². The summed E-state index contributed by atoms with van der Waals surface area (Å²) in [6.07, 6.45) is 28.3. The first-order chi connectivity index (χ1) is 17.0. The lowest BCUT2D eigenvalue weighted by atomic mass is 10.1. The van der Waals surface area contributed by atoms with Crippen LogP contribution in [0.4, 0.5) is 0 Å². The van der Waals surface area contributed by atoms with E-state index < -0.39 is 18.2 Å².